The molecule has 2 N–H and O–H groups in total. The molecule has 0 spiro atoms. The minimum Gasteiger partial charge on any atom is -0.465 e. The Morgan fingerprint density at radius 3 is 0.962 bits per heavy atom. The van der Waals surface area contributed by atoms with Crippen molar-refractivity contribution in [2.75, 3.05) is 52.7 Å². The Bertz CT molecular complexity index is 898. The van der Waals surface area contributed by atoms with Gasteiger partial charge in [-0.15, -0.1) is 0 Å². The normalized spacial score (nSPS) is 11.6. The van der Waals surface area contributed by atoms with Gasteiger partial charge in [-0.2, -0.15) is 0 Å². The number of aliphatic hydroxyl groups excluding tert-OH is 1. The van der Waals surface area contributed by atoms with Gasteiger partial charge in [-0.3, -0.25) is 24.0 Å². The zero-order valence-corrected chi connectivity index (χ0v) is 33.6. The Hall–Kier alpha value is -2.73. The predicted molar refractivity (Wildman–Crippen MR) is 205 cm³/mol. The van der Waals surface area contributed by atoms with Crippen LogP contribution in [0.25, 0.3) is 0 Å². The van der Waals surface area contributed by atoms with Gasteiger partial charge >= 0.3 is 29.8 Å². The highest BCUT2D eigenvalue weighted by atomic mass is 16.6. The summed E-state index contributed by atoms with van der Waals surface area (Å²) in [6.45, 7) is 6.60. The molecule has 310 valence electrons. The van der Waals surface area contributed by atoms with E-state index in [2.05, 4.69) is 26.1 Å². The van der Waals surface area contributed by atoms with E-state index < -0.39 is 23.8 Å². The second-order valence-corrected chi connectivity index (χ2v) is 14.1. The van der Waals surface area contributed by atoms with E-state index in [0.29, 0.717) is 19.3 Å². The summed E-state index contributed by atoms with van der Waals surface area (Å²) in [6, 6.07) is 0. The summed E-state index contributed by atoms with van der Waals surface area (Å²) in [5, 5.41) is 12.6. The Balaban J connectivity index is 4.39. The molecule has 0 saturated carbocycles. The van der Waals surface area contributed by atoms with Gasteiger partial charge in [-0.25, -0.2) is 0 Å². The van der Waals surface area contributed by atoms with Gasteiger partial charge in [-0.1, -0.05) is 117 Å². The predicted octanol–water partition coefficient (Wildman–Crippen LogP) is 7.55. The molecule has 0 bridgehead atoms. The summed E-state index contributed by atoms with van der Waals surface area (Å²) in [7, 11) is 0. The smallest absolute Gasteiger partial charge is 0.307 e. The number of unbranched alkanes of at least 4 members (excludes halogenated alkanes) is 15. The number of carbonyl (C=O) groups is 5. The van der Waals surface area contributed by atoms with Crippen molar-refractivity contribution in [3.05, 3.63) is 0 Å². The average molecular weight is 758 g/mol. The molecule has 0 radical (unpaired) electrons. The van der Waals surface area contributed by atoms with Gasteiger partial charge in [0.2, 0.25) is 0 Å². The van der Waals surface area contributed by atoms with Gasteiger partial charge in [0.1, 0.15) is 19.8 Å². The van der Waals surface area contributed by atoms with Gasteiger partial charge in [0.25, 0.3) is 0 Å². The van der Waals surface area contributed by atoms with Crippen LogP contribution in [0.15, 0.2) is 0 Å². The van der Waals surface area contributed by atoms with Gasteiger partial charge < -0.3 is 34.1 Å². The molecule has 53 heavy (non-hydrogen) atoms. The van der Waals surface area contributed by atoms with Crippen molar-refractivity contribution >= 4 is 29.8 Å². The lowest BCUT2D eigenvalue weighted by molar-refractivity contribution is -0.154. The van der Waals surface area contributed by atoms with E-state index in [1.165, 1.54) is 44.9 Å². The van der Waals surface area contributed by atoms with Crippen molar-refractivity contribution in [2.45, 2.75) is 168 Å². The molecule has 1 atom stereocenters. The van der Waals surface area contributed by atoms with Gasteiger partial charge in [0.05, 0.1) is 44.5 Å². The summed E-state index contributed by atoms with van der Waals surface area (Å²) >= 11 is 0. The number of rotatable bonds is 38. The molecule has 12 heteroatoms. The van der Waals surface area contributed by atoms with E-state index in [1.807, 2.05) is 0 Å². The first-order valence-corrected chi connectivity index (χ1v) is 20.8. The van der Waals surface area contributed by atoms with Crippen LogP contribution in [0.4, 0.5) is 0 Å². The van der Waals surface area contributed by atoms with Crippen molar-refractivity contribution < 1.29 is 52.8 Å². The summed E-state index contributed by atoms with van der Waals surface area (Å²) in [5.74, 6) is -2.86. The number of ether oxygens (including phenoxy) is 5. The molecule has 0 rings (SSSR count). The van der Waals surface area contributed by atoms with Gasteiger partial charge in [0.15, 0.2) is 0 Å². The Kier molecular flexibility index (Phi) is 35.6. The number of carbonyl (C=O) groups excluding carboxylic acids is 5. The van der Waals surface area contributed by atoms with E-state index in [-0.39, 0.29) is 83.5 Å². The highest BCUT2D eigenvalue weighted by molar-refractivity contribution is 5.71. The van der Waals surface area contributed by atoms with Gasteiger partial charge in [0, 0.05) is 32.4 Å². The molecule has 0 aliphatic carbocycles. The molecule has 0 amide bonds. The van der Waals surface area contributed by atoms with Crippen LogP contribution in [0.5, 0.6) is 0 Å². The maximum Gasteiger partial charge on any atom is 0.307 e. The van der Waals surface area contributed by atoms with Crippen LogP contribution in [0, 0.1) is 11.8 Å². The second-order valence-electron chi connectivity index (χ2n) is 14.1. The van der Waals surface area contributed by atoms with Crippen molar-refractivity contribution in [1.29, 1.82) is 0 Å². The number of nitrogens with one attached hydrogen (secondary N) is 1. The summed E-state index contributed by atoms with van der Waals surface area (Å²) < 4.78 is 26.8. The molecule has 0 aromatic carbocycles. The molecular formula is C41H75NO11. The van der Waals surface area contributed by atoms with Crippen LogP contribution in [0.2, 0.25) is 0 Å². The zero-order chi connectivity index (χ0) is 39.2. The monoisotopic (exact) mass is 758 g/mol. The molecule has 0 heterocycles. The third kappa shape index (κ3) is 34.8. The average Bonchev–Trinajstić information content (AvgIpc) is 3.15. The molecule has 0 aliphatic heterocycles. The lowest BCUT2D eigenvalue weighted by Crippen LogP contribution is -2.28. The molecular weight excluding hydrogens is 682 g/mol. The minimum atomic E-state index is -0.494. The van der Waals surface area contributed by atoms with E-state index in [1.54, 1.807) is 0 Å². The van der Waals surface area contributed by atoms with Crippen LogP contribution >= 0.6 is 0 Å². The Morgan fingerprint density at radius 1 is 0.396 bits per heavy atom. The topological polar surface area (TPSA) is 164 Å². The fourth-order valence-electron chi connectivity index (χ4n) is 5.37. The zero-order valence-electron chi connectivity index (χ0n) is 33.6. The molecule has 0 saturated heterocycles. The molecule has 12 nitrogen and oxygen atoms in total. The molecule has 0 fully saturated rings. The highest BCUT2D eigenvalue weighted by Gasteiger charge is 2.18. The summed E-state index contributed by atoms with van der Waals surface area (Å²) in [6.07, 6.45) is 20.2. The quantitative estimate of drug-likeness (QED) is 0.0362. The lowest BCUT2D eigenvalue weighted by atomic mass is 10.1. The standard InChI is InChI=1S/C41H75NO11/c1-4-7-10-13-16-19-22-37(44)49-30-35(29-43)31-50-40(47)25-27-42-28-26-41(48)53-34-36(32-51-38(45)23-20-17-14-11-8-5-2)33-52-39(46)24-21-18-15-12-9-6-3/h35-36,42-43H,4-34H2,1-3H3. The maximum atomic E-state index is 12.4. The molecule has 0 aromatic heterocycles. The largest absolute Gasteiger partial charge is 0.465 e. The molecule has 0 aliphatic rings. The maximum absolute atomic E-state index is 12.4. The number of esters is 5. The lowest BCUT2D eigenvalue weighted by Gasteiger charge is -2.17. The first-order chi connectivity index (χ1) is 25.7. The number of hydrogen-bond donors (Lipinski definition) is 2. The van der Waals surface area contributed by atoms with E-state index in [0.717, 1.165) is 70.6 Å². The number of hydrogen-bond acceptors (Lipinski definition) is 12. The van der Waals surface area contributed by atoms with Crippen LogP contribution in [0.1, 0.15) is 168 Å². The first kappa shape index (κ1) is 50.3. The van der Waals surface area contributed by atoms with Crippen molar-refractivity contribution in [3.8, 4) is 0 Å². The first-order valence-electron chi connectivity index (χ1n) is 20.8. The van der Waals surface area contributed by atoms with Crippen LogP contribution in [-0.4, -0.2) is 87.7 Å². The van der Waals surface area contributed by atoms with E-state index >= 15 is 0 Å². The van der Waals surface area contributed by atoms with Gasteiger partial charge in [-0.05, 0) is 19.3 Å². The summed E-state index contributed by atoms with van der Waals surface area (Å²) in [4.78, 5) is 61.2. The van der Waals surface area contributed by atoms with Crippen molar-refractivity contribution in [3.63, 3.8) is 0 Å². The third-order valence-corrected chi connectivity index (χ3v) is 8.87. The fourth-order valence-corrected chi connectivity index (χ4v) is 5.37. The fraction of sp³-hybridized carbons (Fsp3) is 0.878. The molecule has 0 aromatic rings. The highest BCUT2D eigenvalue weighted by Crippen LogP contribution is 2.12. The minimum absolute atomic E-state index is 0.00856. The number of aliphatic hydroxyl groups is 1. The molecule has 1 unspecified atom stereocenters. The van der Waals surface area contributed by atoms with E-state index in [9.17, 15) is 29.1 Å². The SMILES string of the molecule is CCCCCCCCC(=O)OCC(CO)COC(=O)CCNCCC(=O)OCC(COC(=O)CCCCCCCC)COC(=O)CCCCCCCC. The third-order valence-electron chi connectivity index (χ3n) is 8.87. The van der Waals surface area contributed by atoms with E-state index in [4.69, 9.17) is 23.7 Å². The Labute approximate surface area is 320 Å². The van der Waals surface area contributed by atoms with Crippen LogP contribution in [0.3, 0.4) is 0 Å². The van der Waals surface area contributed by atoms with Crippen LogP contribution < -0.4 is 5.32 Å². The van der Waals surface area contributed by atoms with Crippen molar-refractivity contribution in [1.82, 2.24) is 5.32 Å². The van der Waals surface area contributed by atoms with Crippen molar-refractivity contribution in [2.24, 2.45) is 11.8 Å². The summed E-state index contributed by atoms with van der Waals surface area (Å²) in [5.41, 5.74) is 0. The Morgan fingerprint density at radius 2 is 0.660 bits per heavy atom. The second kappa shape index (κ2) is 37.6. The van der Waals surface area contributed by atoms with Crippen LogP contribution in [-0.2, 0) is 47.7 Å².